The maximum atomic E-state index is 5.81. The molecule has 0 bridgehead atoms. The SMILES string of the molecule is S=C1N=NC(c2[nH]ccc2Cl)=N1. The predicted molar refractivity (Wildman–Crippen MR) is 49.8 cm³/mol. The van der Waals surface area contributed by atoms with Crippen molar-refractivity contribution >= 4 is 34.8 Å². The number of thiocarbonyl (C=S) groups is 1. The van der Waals surface area contributed by atoms with Crippen LogP contribution in [0.15, 0.2) is 27.5 Å². The zero-order valence-corrected chi connectivity index (χ0v) is 7.35. The molecule has 0 aliphatic carbocycles. The molecule has 2 rings (SSSR count). The van der Waals surface area contributed by atoms with E-state index in [0.29, 0.717) is 16.6 Å². The van der Waals surface area contributed by atoms with Gasteiger partial charge >= 0.3 is 0 Å². The van der Waals surface area contributed by atoms with Crippen LogP contribution in [0.1, 0.15) is 5.69 Å². The number of aromatic amines is 1. The Morgan fingerprint density at radius 1 is 1.42 bits per heavy atom. The van der Waals surface area contributed by atoms with Crippen LogP contribution in [0.3, 0.4) is 0 Å². The number of nitrogens with one attached hydrogen (secondary N) is 1. The van der Waals surface area contributed by atoms with Crippen molar-refractivity contribution in [2.24, 2.45) is 15.2 Å². The average molecular weight is 199 g/mol. The van der Waals surface area contributed by atoms with Gasteiger partial charge in [-0.2, -0.15) is 4.99 Å². The topological polar surface area (TPSA) is 52.9 Å². The van der Waals surface area contributed by atoms with E-state index in [1.807, 2.05) is 0 Å². The molecule has 0 spiro atoms. The molecule has 0 unspecified atom stereocenters. The molecule has 0 atom stereocenters. The van der Waals surface area contributed by atoms with Crippen LogP contribution in [0.4, 0.5) is 0 Å². The summed E-state index contributed by atoms with van der Waals surface area (Å²) in [5.41, 5.74) is 0.653. The number of hydrogen-bond donors (Lipinski definition) is 1. The second-order valence-electron chi connectivity index (χ2n) is 2.12. The van der Waals surface area contributed by atoms with E-state index in [1.54, 1.807) is 12.3 Å². The lowest BCUT2D eigenvalue weighted by Gasteiger charge is -1.89. The zero-order valence-electron chi connectivity index (χ0n) is 5.78. The van der Waals surface area contributed by atoms with Crippen LogP contribution in [0.25, 0.3) is 0 Å². The van der Waals surface area contributed by atoms with Gasteiger partial charge in [-0.15, -0.1) is 10.2 Å². The van der Waals surface area contributed by atoms with E-state index in [2.05, 4.69) is 20.2 Å². The van der Waals surface area contributed by atoms with Gasteiger partial charge in [0.05, 0.1) is 5.02 Å². The lowest BCUT2D eigenvalue weighted by atomic mass is 10.4. The van der Waals surface area contributed by atoms with Gasteiger partial charge in [-0.05, 0) is 18.3 Å². The average Bonchev–Trinajstić information content (AvgIpc) is 2.58. The first-order chi connectivity index (χ1) is 5.77. The van der Waals surface area contributed by atoms with Gasteiger partial charge in [0, 0.05) is 6.20 Å². The zero-order chi connectivity index (χ0) is 8.55. The molecule has 0 aromatic carbocycles. The Kier molecular flexibility index (Phi) is 1.74. The van der Waals surface area contributed by atoms with Crippen molar-refractivity contribution in [3.63, 3.8) is 0 Å². The number of halogens is 1. The van der Waals surface area contributed by atoms with Crippen LogP contribution < -0.4 is 0 Å². The van der Waals surface area contributed by atoms with E-state index in [-0.39, 0.29) is 5.11 Å². The van der Waals surface area contributed by atoms with Crippen molar-refractivity contribution < 1.29 is 0 Å². The molecule has 60 valence electrons. The molecule has 1 aromatic heterocycles. The number of azo groups is 1. The summed E-state index contributed by atoms with van der Waals surface area (Å²) in [7, 11) is 0. The summed E-state index contributed by atoms with van der Waals surface area (Å²) in [6.07, 6.45) is 1.71. The van der Waals surface area contributed by atoms with Gasteiger partial charge in [0.15, 0.2) is 0 Å². The molecule has 1 aliphatic rings. The third kappa shape index (κ3) is 1.17. The first-order valence-corrected chi connectivity index (χ1v) is 3.93. The molecule has 0 amide bonds. The van der Waals surface area contributed by atoms with E-state index in [4.69, 9.17) is 23.8 Å². The minimum atomic E-state index is 0.232. The van der Waals surface area contributed by atoms with Crippen LogP contribution in [-0.4, -0.2) is 15.9 Å². The largest absolute Gasteiger partial charge is 0.357 e. The lowest BCUT2D eigenvalue weighted by molar-refractivity contribution is 1.32. The van der Waals surface area contributed by atoms with E-state index < -0.39 is 0 Å². The van der Waals surface area contributed by atoms with Crippen molar-refractivity contribution in [3.8, 4) is 0 Å². The third-order valence-electron chi connectivity index (χ3n) is 1.35. The van der Waals surface area contributed by atoms with Crippen molar-refractivity contribution in [1.29, 1.82) is 0 Å². The molecule has 0 radical (unpaired) electrons. The summed E-state index contributed by atoms with van der Waals surface area (Å²) in [4.78, 5) is 6.78. The lowest BCUT2D eigenvalue weighted by Crippen LogP contribution is -1.94. The Bertz CT molecular complexity index is 392. The summed E-state index contributed by atoms with van der Waals surface area (Å²) < 4.78 is 0. The van der Waals surface area contributed by atoms with E-state index in [9.17, 15) is 0 Å². The summed E-state index contributed by atoms with van der Waals surface area (Å²) in [6.45, 7) is 0. The minimum absolute atomic E-state index is 0.232. The maximum absolute atomic E-state index is 5.81. The second-order valence-corrected chi connectivity index (χ2v) is 2.89. The fourth-order valence-corrected chi connectivity index (χ4v) is 1.18. The first kappa shape index (κ1) is 7.57. The molecular weight excluding hydrogens is 196 g/mol. The fourth-order valence-electron chi connectivity index (χ4n) is 0.853. The maximum Gasteiger partial charge on any atom is 0.242 e. The highest BCUT2D eigenvalue weighted by molar-refractivity contribution is 7.80. The van der Waals surface area contributed by atoms with Gasteiger partial charge < -0.3 is 4.98 Å². The summed E-state index contributed by atoms with van der Waals surface area (Å²) in [6, 6.07) is 1.72. The Hall–Kier alpha value is -1.07. The number of H-pyrrole nitrogens is 1. The highest BCUT2D eigenvalue weighted by Crippen LogP contribution is 2.17. The van der Waals surface area contributed by atoms with Gasteiger partial charge in [-0.3, -0.25) is 0 Å². The molecule has 1 N–H and O–H groups in total. The quantitative estimate of drug-likeness (QED) is 0.691. The molecule has 4 nitrogen and oxygen atoms in total. The van der Waals surface area contributed by atoms with Crippen molar-refractivity contribution in [2.75, 3.05) is 0 Å². The number of aromatic nitrogens is 1. The van der Waals surface area contributed by atoms with Crippen molar-refractivity contribution in [1.82, 2.24) is 4.98 Å². The summed E-state index contributed by atoms with van der Waals surface area (Å²) >= 11 is 10.5. The van der Waals surface area contributed by atoms with Crippen LogP contribution in [-0.2, 0) is 0 Å². The predicted octanol–water partition coefficient (Wildman–Crippen LogP) is 2.17. The third-order valence-corrected chi connectivity index (χ3v) is 1.84. The molecule has 0 saturated heterocycles. The van der Waals surface area contributed by atoms with Crippen LogP contribution in [0, 0.1) is 0 Å². The fraction of sp³-hybridized carbons (Fsp3) is 0. The molecule has 12 heavy (non-hydrogen) atoms. The molecule has 0 fully saturated rings. The molecule has 1 aliphatic heterocycles. The molecule has 6 heteroatoms. The van der Waals surface area contributed by atoms with Gasteiger partial charge in [0.25, 0.3) is 0 Å². The number of amidine groups is 1. The highest BCUT2D eigenvalue weighted by atomic mass is 35.5. The number of rotatable bonds is 1. The number of hydrogen-bond acceptors (Lipinski definition) is 2. The van der Waals surface area contributed by atoms with Crippen molar-refractivity contribution in [2.45, 2.75) is 0 Å². The monoisotopic (exact) mass is 198 g/mol. The van der Waals surface area contributed by atoms with Crippen molar-refractivity contribution in [3.05, 3.63) is 23.0 Å². The van der Waals surface area contributed by atoms with E-state index in [0.717, 1.165) is 0 Å². The second kappa shape index (κ2) is 2.76. The highest BCUT2D eigenvalue weighted by Gasteiger charge is 2.13. The molecule has 0 saturated carbocycles. The standard InChI is InChI=1S/C6H3ClN4S/c7-3-1-2-8-4(3)5-9-6(12)11-10-5/h1-2,8H. The molecule has 1 aromatic rings. The van der Waals surface area contributed by atoms with Crippen LogP contribution in [0.2, 0.25) is 5.02 Å². The summed E-state index contributed by atoms with van der Waals surface area (Å²) in [5, 5.41) is 8.13. The van der Waals surface area contributed by atoms with Crippen LogP contribution >= 0.6 is 23.8 Å². The first-order valence-electron chi connectivity index (χ1n) is 3.15. The van der Waals surface area contributed by atoms with Gasteiger partial charge in [-0.25, -0.2) is 0 Å². The number of nitrogens with zero attached hydrogens (tertiary/aromatic N) is 3. The Morgan fingerprint density at radius 2 is 2.25 bits per heavy atom. The number of aliphatic imine (C=N–C) groups is 1. The Morgan fingerprint density at radius 3 is 2.75 bits per heavy atom. The summed E-state index contributed by atoms with van der Waals surface area (Å²) in [5.74, 6) is 0.440. The van der Waals surface area contributed by atoms with Gasteiger partial charge in [0.2, 0.25) is 10.9 Å². The Balaban J connectivity index is 2.45. The van der Waals surface area contributed by atoms with Gasteiger partial charge in [-0.1, -0.05) is 11.6 Å². The normalized spacial score (nSPS) is 15.4. The minimum Gasteiger partial charge on any atom is -0.357 e. The Labute approximate surface area is 78.4 Å². The van der Waals surface area contributed by atoms with Gasteiger partial charge in [0.1, 0.15) is 5.69 Å². The van der Waals surface area contributed by atoms with Crippen LogP contribution in [0.5, 0.6) is 0 Å². The van der Waals surface area contributed by atoms with E-state index >= 15 is 0 Å². The molecular formula is C6H3ClN4S. The molecule has 2 heterocycles. The smallest absolute Gasteiger partial charge is 0.242 e. The van der Waals surface area contributed by atoms with E-state index in [1.165, 1.54) is 0 Å².